The topological polar surface area (TPSA) is 20.2 Å². The van der Waals surface area contributed by atoms with Crippen LogP contribution in [-0.2, 0) is 0 Å². The number of aliphatic hydroxyl groups excluding tert-OH is 1. The van der Waals surface area contributed by atoms with Crippen molar-refractivity contribution in [3.8, 4) is 0 Å². The number of aliphatic hydroxyl groups is 1. The Morgan fingerprint density at radius 1 is 1.13 bits per heavy atom. The zero-order valence-corrected chi connectivity index (χ0v) is 7.70. The summed E-state index contributed by atoms with van der Waals surface area (Å²) < 4.78 is 61.7. The number of hydrogen-bond donors (Lipinski definition) is 1. The molecular formula is C8H4ClF5O. The van der Waals surface area contributed by atoms with E-state index in [1.807, 2.05) is 0 Å². The molecule has 1 N–H and O–H groups in total. The molecule has 15 heavy (non-hydrogen) atoms. The number of benzene rings is 1. The molecule has 1 rings (SSSR count). The first-order valence-corrected chi connectivity index (χ1v) is 4.01. The van der Waals surface area contributed by atoms with E-state index in [9.17, 15) is 22.0 Å². The maximum atomic E-state index is 12.9. The molecule has 0 spiro atoms. The van der Waals surface area contributed by atoms with Gasteiger partial charge < -0.3 is 5.11 Å². The molecule has 0 amide bonds. The van der Waals surface area contributed by atoms with E-state index in [0.717, 1.165) is 0 Å². The standard InChI is InChI=1S/C8H4ClF5O/c9-6-4(11)2-1-3(10)5(6)7(15)8(12,13)14/h1-2,7,15H/t7-/m1/s1. The third-order valence-corrected chi connectivity index (χ3v) is 2.05. The Bertz CT molecular complexity index is 376. The predicted molar refractivity (Wildman–Crippen MR) is 42.4 cm³/mol. The summed E-state index contributed by atoms with van der Waals surface area (Å²) in [5.74, 6) is -2.64. The SMILES string of the molecule is O[C@H](c1c(F)ccc(F)c1Cl)C(F)(F)F. The molecule has 1 nitrogen and oxygen atoms in total. The van der Waals surface area contributed by atoms with Crippen LogP contribution in [0.5, 0.6) is 0 Å². The smallest absolute Gasteiger partial charge is 0.379 e. The van der Waals surface area contributed by atoms with Crippen molar-refractivity contribution in [2.45, 2.75) is 12.3 Å². The first kappa shape index (κ1) is 12.2. The van der Waals surface area contributed by atoms with Gasteiger partial charge in [-0.1, -0.05) is 11.6 Å². The van der Waals surface area contributed by atoms with Crippen molar-refractivity contribution in [2.24, 2.45) is 0 Å². The molecule has 1 aromatic rings. The summed E-state index contributed by atoms with van der Waals surface area (Å²) in [5, 5.41) is 7.66. The van der Waals surface area contributed by atoms with Crippen molar-refractivity contribution in [1.82, 2.24) is 0 Å². The zero-order valence-electron chi connectivity index (χ0n) is 6.95. The molecule has 0 aliphatic heterocycles. The molecule has 1 aromatic carbocycles. The lowest BCUT2D eigenvalue weighted by Crippen LogP contribution is -2.22. The lowest BCUT2D eigenvalue weighted by Gasteiger charge is -2.16. The van der Waals surface area contributed by atoms with Gasteiger partial charge >= 0.3 is 6.18 Å². The van der Waals surface area contributed by atoms with Crippen molar-refractivity contribution < 1.29 is 27.1 Å². The van der Waals surface area contributed by atoms with Crippen molar-refractivity contribution in [3.63, 3.8) is 0 Å². The van der Waals surface area contributed by atoms with E-state index >= 15 is 0 Å². The van der Waals surface area contributed by atoms with E-state index in [1.54, 1.807) is 0 Å². The Hall–Kier alpha value is -0.880. The molecule has 0 fully saturated rings. The quantitative estimate of drug-likeness (QED) is 0.596. The minimum absolute atomic E-state index is 0.464. The fourth-order valence-electron chi connectivity index (χ4n) is 0.957. The molecule has 0 bridgehead atoms. The summed E-state index contributed by atoms with van der Waals surface area (Å²) in [6.45, 7) is 0. The maximum absolute atomic E-state index is 12.9. The summed E-state index contributed by atoms with van der Waals surface area (Å²) in [6, 6.07) is 1.04. The highest BCUT2D eigenvalue weighted by atomic mass is 35.5. The van der Waals surface area contributed by atoms with Gasteiger partial charge in [0.2, 0.25) is 0 Å². The molecule has 84 valence electrons. The highest BCUT2D eigenvalue weighted by Crippen LogP contribution is 2.38. The summed E-state index contributed by atoms with van der Waals surface area (Å²) in [7, 11) is 0. The molecule has 0 radical (unpaired) electrons. The van der Waals surface area contributed by atoms with E-state index in [2.05, 4.69) is 0 Å². The van der Waals surface area contributed by atoms with Crippen LogP contribution in [0, 0.1) is 11.6 Å². The van der Waals surface area contributed by atoms with Gasteiger partial charge in [0.25, 0.3) is 0 Å². The molecule has 7 heteroatoms. The number of halogens is 6. The molecule has 0 aromatic heterocycles. The Morgan fingerprint density at radius 2 is 1.60 bits per heavy atom. The third-order valence-electron chi connectivity index (χ3n) is 1.66. The monoisotopic (exact) mass is 246 g/mol. The van der Waals surface area contributed by atoms with E-state index in [4.69, 9.17) is 16.7 Å². The highest BCUT2D eigenvalue weighted by molar-refractivity contribution is 6.31. The van der Waals surface area contributed by atoms with E-state index in [-0.39, 0.29) is 0 Å². The zero-order chi connectivity index (χ0) is 11.8. The molecule has 0 aliphatic carbocycles. The number of hydrogen-bond acceptors (Lipinski definition) is 1. The van der Waals surface area contributed by atoms with Gasteiger partial charge in [-0.05, 0) is 12.1 Å². The molecule has 0 heterocycles. The van der Waals surface area contributed by atoms with Gasteiger partial charge in [0.1, 0.15) is 11.6 Å². The molecule has 0 unspecified atom stereocenters. The van der Waals surface area contributed by atoms with Crippen LogP contribution in [0.3, 0.4) is 0 Å². The van der Waals surface area contributed by atoms with Crippen molar-refractivity contribution >= 4 is 11.6 Å². The minimum Gasteiger partial charge on any atom is -0.379 e. The number of alkyl halides is 3. The van der Waals surface area contributed by atoms with Crippen LogP contribution in [0.15, 0.2) is 12.1 Å². The van der Waals surface area contributed by atoms with Gasteiger partial charge in [0, 0.05) is 5.56 Å². The normalized spacial score (nSPS) is 14.1. The fourth-order valence-corrected chi connectivity index (χ4v) is 1.21. The summed E-state index contributed by atoms with van der Waals surface area (Å²) in [6.07, 6.45) is -8.24. The second-order valence-electron chi connectivity index (χ2n) is 2.70. The van der Waals surface area contributed by atoms with Gasteiger partial charge in [-0.2, -0.15) is 13.2 Å². The van der Waals surface area contributed by atoms with Gasteiger partial charge in [0.15, 0.2) is 6.10 Å². The summed E-state index contributed by atoms with van der Waals surface area (Å²) in [5.41, 5.74) is -1.30. The van der Waals surface area contributed by atoms with Crippen LogP contribution in [-0.4, -0.2) is 11.3 Å². The average Bonchev–Trinajstić information content (AvgIpc) is 2.10. The first-order chi connectivity index (χ1) is 6.75. The van der Waals surface area contributed by atoms with Crippen LogP contribution in [0.25, 0.3) is 0 Å². The Kier molecular flexibility index (Phi) is 3.20. The first-order valence-electron chi connectivity index (χ1n) is 3.63. The highest BCUT2D eigenvalue weighted by Gasteiger charge is 2.42. The van der Waals surface area contributed by atoms with Crippen molar-refractivity contribution in [1.29, 1.82) is 0 Å². The van der Waals surface area contributed by atoms with Crippen LogP contribution < -0.4 is 0 Å². The van der Waals surface area contributed by atoms with Gasteiger partial charge in [-0.25, -0.2) is 8.78 Å². The number of rotatable bonds is 1. The van der Waals surface area contributed by atoms with Crippen LogP contribution in [0.1, 0.15) is 11.7 Å². The lowest BCUT2D eigenvalue weighted by atomic mass is 10.1. The van der Waals surface area contributed by atoms with Crippen molar-refractivity contribution in [3.05, 3.63) is 34.4 Å². The molecule has 1 atom stereocenters. The molecule has 0 saturated carbocycles. The van der Waals surface area contributed by atoms with Gasteiger partial charge in [-0.3, -0.25) is 0 Å². The van der Waals surface area contributed by atoms with Gasteiger partial charge in [-0.15, -0.1) is 0 Å². The Balaban J connectivity index is 3.31. The van der Waals surface area contributed by atoms with Gasteiger partial charge in [0.05, 0.1) is 5.02 Å². The van der Waals surface area contributed by atoms with E-state index in [0.29, 0.717) is 12.1 Å². The molecule has 0 aliphatic rings. The van der Waals surface area contributed by atoms with Crippen LogP contribution in [0.4, 0.5) is 22.0 Å². The Morgan fingerprint density at radius 3 is 2.07 bits per heavy atom. The molecular weight excluding hydrogens is 243 g/mol. The van der Waals surface area contributed by atoms with E-state index in [1.165, 1.54) is 0 Å². The lowest BCUT2D eigenvalue weighted by molar-refractivity contribution is -0.207. The third kappa shape index (κ3) is 2.38. The van der Waals surface area contributed by atoms with E-state index < -0.39 is 34.5 Å². The predicted octanol–water partition coefficient (Wildman–Crippen LogP) is 3.21. The second kappa shape index (κ2) is 3.94. The minimum atomic E-state index is -5.10. The van der Waals surface area contributed by atoms with Crippen LogP contribution in [0.2, 0.25) is 5.02 Å². The maximum Gasteiger partial charge on any atom is 0.418 e. The average molecular weight is 247 g/mol. The molecule has 0 saturated heterocycles. The largest absolute Gasteiger partial charge is 0.418 e. The summed E-state index contributed by atoms with van der Waals surface area (Å²) >= 11 is 5.12. The van der Waals surface area contributed by atoms with Crippen molar-refractivity contribution in [2.75, 3.05) is 0 Å². The summed E-state index contributed by atoms with van der Waals surface area (Å²) in [4.78, 5) is 0. The fraction of sp³-hybridized carbons (Fsp3) is 0.250. The Labute approximate surface area is 86.1 Å². The van der Waals surface area contributed by atoms with Crippen LogP contribution >= 0.6 is 11.6 Å². The second-order valence-corrected chi connectivity index (χ2v) is 3.08.